The number of rotatable bonds is 9. The van der Waals surface area contributed by atoms with Gasteiger partial charge in [-0.05, 0) is 18.6 Å². The van der Waals surface area contributed by atoms with Gasteiger partial charge in [0, 0.05) is 33.4 Å². The van der Waals surface area contributed by atoms with Gasteiger partial charge in [0.25, 0.3) is 5.79 Å². The maximum atomic E-state index is 12.1. The maximum absolute atomic E-state index is 12.1. The molecule has 0 spiro atoms. The number of nitrogens with zero attached hydrogens (tertiary/aromatic N) is 4. The molecule has 6 aromatic rings. The highest BCUT2D eigenvalue weighted by Crippen LogP contribution is 2.47. The van der Waals surface area contributed by atoms with Gasteiger partial charge in [0.1, 0.15) is 5.82 Å². The molecule has 1 aromatic heterocycles. The van der Waals surface area contributed by atoms with Crippen molar-refractivity contribution in [3.05, 3.63) is 186 Å². The highest BCUT2D eigenvalue weighted by Gasteiger charge is 2.46. The van der Waals surface area contributed by atoms with E-state index in [0.29, 0.717) is 34.1 Å². The molecular weight excluding hydrogens is 649 g/mol. The first-order valence-corrected chi connectivity index (χ1v) is 16.9. The molecule has 2 heterocycles. The van der Waals surface area contributed by atoms with Crippen molar-refractivity contribution in [2.24, 2.45) is 15.9 Å². The number of carboxylic acid groups (broad SMARTS) is 2. The number of imidazole rings is 1. The number of allylic oxidation sites excluding steroid dienone is 1. The summed E-state index contributed by atoms with van der Waals surface area (Å²) in [6.45, 7) is 0. The van der Waals surface area contributed by atoms with Gasteiger partial charge in [-0.3, -0.25) is 9.36 Å². The summed E-state index contributed by atoms with van der Waals surface area (Å²) < 4.78 is 2.04. The van der Waals surface area contributed by atoms with Crippen LogP contribution in [0.4, 0.5) is 0 Å². The normalized spacial score (nSPS) is 16.2. The Kier molecular flexibility index (Phi) is 8.33. The first kappa shape index (κ1) is 32.3. The van der Waals surface area contributed by atoms with Crippen LogP contribution in [-0.2, 0) is 10.6 Å². The highest BCUT2D eigenvalue weighted by molar-refractivity contribution is 6.54. The van der Waals surface area contributed by atoms with Crippen molar-refractivity contribution in [2.75, 3.05) is 0 Å². The van der Waals surface area contributed by atoms with E-state index in [1.807, 2.05) is 138 Å². The summed E-state index contributed by atoms with van der Waals surface area (Å²) in [4.78, 5) is 40.6. The van der Waals surface area contributed by atoms with Crippen molar-refractivity contribution in [1.29, 1.82) is 0 Å². The topological polar surface area (TPSA) is 117 Å². The molecule has 0 bridgehead atoms. The monoisotopic (exact) mass is 680 g/mol. The number of aliphatic imine (C=N–C) groups is 2. The SMILES string of the molecule is O=C(O)c1ccc(-c2nc(-c3ccccc3)c(-c3ccccc3)n2C2(C3=CCC(C(=O)O)C=C3)N=C(c3ccccc3)C(c3ccccc3)=N2)cc1. The van der Waals surface area contributed by atoms with Gasteiger partial charge >= 0.3 is 11.9 Å². The van der Waals surface area contributed by atoms with Crippen LogP contribution >= 0.6 is 0 Å². The lowest BCUT2D eigenvalue weighted by atomic mass is 9.92. The summed E-state index contributed by atoms with van der Waals surface area (Å²) >= 11 is 0. The van der Waals surface area contributed by atoms with E-state index in [9.17, 15) is 19.8 Å². The smallest absolute Gasteiger partial charge is 0.335 e. The minimum absolute atomic E-state index is 0.149. The van der Waals surface area contributed by atoms with Crippen LogP contribution in [0.3, 0.4) is 0 Å². The molecule has 0 fully saturated rings. The van der Waals surface area contributed by atoms with Crippen LogP contribution in [0.25, 0.3) is 33.9 Å². The fraction of sp³-hybridized carbons (Fsp3) is 0.0682. The van der Waals surface area contributed by atoms with Crippen LogP contribution < -0.4 is 0 Å². The number of aromatic nitrogens is 2. The van der Waals surface area contributed by atoms with E-state index in [1.54, 1.807) is 30.3 Å². The molecule has 2 N–H and O–H groups in total. The van der Waals surface area contributed by atoms with Gasteiger partial charge in [-0.2, -0.15) is 0 Å². The number of hydrogen-bond acceptors (Lipinski definition) is 5. The van der Waals surface area contributed by atoms with Gasteiger partial charge in [0.2, 0.25) is 0 Å². The molecule has 1 aliphatic carbocycles. The van der Waals surface area contributed by atoms with Crippen LogP contribution in [0.1, 0.15) is 27.9 Å². The molecule has 52 heavy (non-hydrogen) atoms. The van der Waals surface area contributed by atoms with E-state index in [2.05, 4.69) is 0 Å². The first-order chi connectivity index (χ1) is 25.4. The van der Waals surface area contributed by atoms with Gasteiger partial charge < -0.3 is 10.2 Å². The molecule has 8 rings (SSSR count). The summed E-state index contributed by atoms with van der Waals surface area (Å²) in [5.41, 5.74) is 7.73. The van der Waals surface area contributed by atoms with E-state index in [-0.39, 0.29) is 12.0 Å². The largest absolute Gasteiger partial charge is 0.481 e. The Hall–Kier alpha value is -6.93. The molecule has 8 nitrogen and oxygen atoms in total. The Morgan fingerprint density at radius 1 is 0.615 bits per heavy atom. The summed E-state index contributed by atoms with van der Waals surface area (Å²) in [5.74, 6) is -3.62. The van der Waals surface area contributed by atoms with Gasteiger partial charge in [0.15, 0.2) is 0 Å². The fourth-order valence-corrected chi connectivity index (χ4v) is 6.79. The minimum atomic E-state index is -1.50. The summed E-state index contributed by atoms with van der Waals surface area (Å²) in [6.07, 6.45) is 5.68. The van der Waals surface area contributed by atoms with Crippen LogP contribution in [0.5, 0.6) is 0 Å². The molecule has 8 heteroatoms. The third-order valence-electron chi connectivity index (χ3n) is 9.33. The van der Waals surface area contributed by atoms with Crippen LogP contribution in [0, 0.1) is 5.92 Å². The summed E-state index contributed by atoms with van der Waals surface area (Å²) in [5, 5.41) is 19.7. The van der Waals surface area contributed by atoms with E-state index >= 15 is 0 Å². The van der Waals surface area contributed by atoms with Crippen LogP contribution in [0.15, 0.2) is 179 Å². The quantitative estimate of drug-likeness (QED) is 0.158. The zero-order valence-electron chi connectivity index (χ0n) is 27.9. The average molecular weight is 681 g/mol. The molecule has 0 saturated heterocycles. The Morgan fingerprint density at radius 3 is 1.58 bits per heavy atom. The number of benzene rings is 5. The van der Waals surface area contributed by atoms with Crippen molar-refractivity contribution in [2.45, 2.75) is 12.2 Å². The van der Waals surface area contributed by atoms with E-state index in [4.69, 9.17) is 15.0 Å². The van der Waals surface area contributed by atoms with Crippen molar-refractivity contribution in [3.8, 4) is 33.9 Å². The van der Waals surface area contributed by atoms with Crippen LogP contribution in [-0.4, -0.2) is 43.1 Å². The average Bonchev–Trinajstić information content (AvgIpc) is 3.81. The Labute approximate surface area is 300 Å². The lowest BCUT2D eigenvalue weighted by molar-refractivity contribution is -0.140. The molecule has 0 radical (unpaired) electrons. The van der Waals surface area contributed by atoms with Crippen LogP contribution in [0.2, 0.25) is 0 Å². The highest BCUT2D eigenvalue weighted by atomic mass is 16.4. The van der Waals surface area contributed by atoms with Gasteiger partial charge in [-0.1, -0.05) is 152 Å². The molecule has 0 saturated carbocycles. The van der Waals surface area contributed by atoms with E-state index < -0.39 is 23.6 Å². The molecule has 252 valence electrons. The zero-order chi connectivity index (χ0) is 35.7. The second-order valence-corrected chi connectivity index (χ2v) is 12.6. The van der Waals surface area contributed by atoms with E-state index in [0.717, 1.165) is 27.9 Å². The molecule has 5 aromatic carbocycles. The predicted molar refractivity (Wildman–Crippen MR) is 202 cm³/mol. The predicted octanol–water partition coefficient (Wildman–Crippen LogP) is 8.77. The first-order valence-electron chi connectivity index (χ1n) is 16.9. The molecule has 0 amide bonds. The standard InChI is InChI=1S/C44H32N4O4/c49-42(50)34-23-21-33(22-24-34)41-45-39(31-17-9-3-10-18-31)40(32-19-11-4-12-20-32)48(41)44(36-27-25-35(26-28-36)43(51)52)46-37(29-13-5-1-6-14-29)38(47-44)30-15-7-2-8-16-30/h1-25,27-28,35H,26H2,(H,49,50)(H,51,52). The number of carboxylic acids is 2. The van der Waals surface area contributed by atoms with Crippen molar-refractivity contribution < 1.29 is 19.8 Å². The molecular formula is C44H32N4O4. The third-order valence-corrected chi connectivity index (χ3v) is 9.33. The molecule has 2 aliphatic rings. The third kappa shape index (κ3) is 5.76. The Balaban J connectivity index is 1.53. The summed E-state index contributed by atoms with van der Waals surface area (Å²) in [7, 11) is 0. The number of hydrogen-bond donors (Lipinski definition) is 2. The molecule has 1 aliphatic heterocycles. The molecule has 1 atom stereocenters. The van der Waals surface area contributed by atoms with E-state index in [1.165, 1.54) is 0 Å². The van der Waals surface area contributed by atoms with Gasteiger partial charge in [-0.25, -0.2) is 19.8 Å². The van der Waals surface area contributed by atoms with Crippen molar-refractivity contribution in [1.82, 2.24) is 9.55 Å². The van der Waals surface area contributed by atoms with Crippen molar-refractivity contribution >= 4 is 23.4 Å². The number of carbonyl (C=O) groups is 2. The number of aliphatic carboxylic acids is 1. The summed E-state index contributed by atoms with van der Waals surface area (Å²) in [6, 6.07) is 46.3. The Bertz CT molecular complexity index is 2360. The van der Waals surface area contributed by atoms with Gasteiger partial charge in [0.05, 0.1) is 34.3 Å². The zero-order valence-corrected chi connectivity index (χ0v) is 27.9. The number of aromatic carboxylic acids is 1. The lowest BCUT2D eigenvalue weighted by Gasteiger charge is -2.32. The minimum Gasteiger partial charge on any atom is -0.481 e. The lowest BCUT2D eigenvalue weighted by Crippen LogP contribution is -2.33. The second-order valence-electron chi connectivity index (χ2n) is 12.6. The fourth-order valence-electron chi connectivity index (χ4n) is 6.79. The van der Waals surface area contributed by atoms with Gasteiger partial charge in [-0.15, -0.1) is 0 Å². The maximum Gasteiger partial charge on any atom is 0.335 e. The second kappa shape index (κ2) is 13.4. The molecule has 1 unspecified atom stereocenters. The van der Waals surface area contributed by atoms with Crippen molar-refractivity contribution in [3.63, 3.8) is 0 Å². The Morgan fingerprint density at radius 2 is 1.12 bits per heavy atom.